The van der Waals surface area contributed by atoms with E-state index in [-0.39, 0.29) is 0 Å². The largest absolute Gasteiger partial charge is 0.493 e. The van der Waals surface area contributed by atoms with Crippen LogP contribution in [0, 0.1) is 0 Å². The summed E-state index contributed by atoms with van der Waals surface area (Å²) in [5.41, 5.74) is 3.04. The van der Waals surface area contributed by atoms with E-state index in [2.05, 4.69) is 35.9 Å². The Morgan fingerprint density at radius 2 is 1.78 bits per heavy atom. The summed E-state index contributed by atoms with van der Waals surface area (Å²) < 4.78 is 10.9. The first-order valence-electron chi connectivity index (χ1n) is 7.08. The first kappa shape index (κ1) is 15.9. The van der Waals surface area contributed by atoms with Crippen molar-refractivity contribution < 1.29 is 9.47 Å². The lowest BCUT2D eigenvalue weighted by atomic mass is 10.1. The zero-order valence-corrected chi connectivity index (χ0v) is 14.8. The average molecular weight is 343 g/mol. The van der Waals surface area contributed by atoms with E-state index in [1.165, 1.54) is 4.90 Å². The highest BCUT2D eigenvalue weighted by Gasteiger charge is 2.15. The number of thioether (sulfide) groups is 1. The minimum atomic E-state index is 0.714. The molecule has 23 heavy (non-hydrogen) atoms. The Morgan fingerprint density at radius 3 is 2.43 bits per heavy atom. The number of hydrogen-bond donors (Lipinski definition) is 0. The van der Waals surface area contributed by atoms with Crippen LogP contribution in [0.2, 0.25) is 0 Å². The van der Waals surface area contributed by atoms with Crippen LogP contribution < -0.4 is 9.47 Å². The summed E-state index contributed by atoms with van der Waals surface area (Å²) >= 11 is 3.34. The van der Waals surface area contributed by atoms with Gasteiger partial charge in [0.25, 0.3) is 0 Å². The normalized spacial score (nSPS) is 10.6. The van der Waals surface area contributed by atoms with Gasteiger partial charge in [0.2, 0.25) is 0 Å². The number of ether oxygens (including phenoxy) is 2. The Bertz CT molecular complexity index is 797. The van der Waals surface area contributed by atoms with Crippen LogP contribution in [0.15, 0.2) is 52.7 Å². The van der Waals surface area contributed by atoms with Crippen LogP contribution in [0.3, 0.4) is 0 Å². The van der Waals surface area contributed by atoms with Crippen LogP contribution >= 0.6 is 23.1 Å². The molecular formula is C18H17NO2S2. The fourth-order valence-corrected chi connectivity index (χ4v) is 3.61. The molecule has 0 N–H and O–H groups in total. The topological polar surface area (TPSA) is 31.4 Å². The minimum Gasteiger partial charge on any atom is -0.493 e. The van der Waals surface area contributed by atoms with Crippen molar-refractivity contribution >= 4 is 23.1 Å². The standard InChI is InChI=1S/C18H17NO2S2/c1-20-16-6-4-5-14(17(16)21-2)18-19-15(11-23-18)12-7-9-13(22-3)10-8-12/h4-11H,1-3H3. The third-order valence-electron chi connectivity index (χ3n) is 3.52. The predicted octanol–water partition coefficient (Wildman–Crippen LogP) is 5.22. The van der Waals surface area contributed by atoms with Gasteiger partial charge < -0.3 is 9.47 Å². The molecule has 0 radical (unpaired) electrons. The lowest BCUT2D eigenvalue weighted by Crippen LogP contribution is -1.92. The van der Waals surface area contributed by atoms with Gasteiger partial charge in [0, 0.05) is 15.8 Å². The number of nitrogens with zero attached hydrogens (tertiary/aromatic N) is 1. The van der Waals surface area contributed by atoms with Crippen molar-refractivity contribution in [2.75, 3.05) is 20.5 Å². The highest BCUT2D eigenvalue weighted by molar-refractivity contribution is 7.98. The van der Waals surface area contributed by atoms with E-state index in [4.69, 9.17) is 14.5 Å². The van der Waals surface area contributed by atoms with Crippen LogP contribution in [-0.4, -0.2) is 25.5 Å². The number of hydrogen-bond acceptors (Lipinski definition) is 5. The third kappa shape index (κ3) is 3.21. The second kappa shape index (κ2) is 7.06. The minimum absolute atomic E-state index is 0.714. The van der Waals surface area contributed by atoms with E-state index in [9.17, 15) is 0 Å². The molecule has 3 aromatic rings. The van der Waals surface area contributed by atoms with Crippen LogP contribution in [0.4, 0.5) is 0 Å². The molecule has 0 atom stereocenters. The summed E-state index contributed by atoms with van der Waals surface area (Å²) in [6.45, 7) is 0. The molecule has 1 heterocycles. The molecule has 0 fully saturated rings. The molecule has 1 aromatic heterocycles. The van der Waals surface area contributed by atoms with Crippen molar-refractivity contribution in [2.24, 2.45) is 0 Å². The molecule has 3 rings (SSSR count). The zero-order valence-electron chi connectivity index (χ0n) is 13.2. The number of methoxy groups -OCH3 is 2. The first-order valence-corrected chi connectivity index (χ1v) is 9.18. The van der Waals surface area contributed by atoms with Crippen LogP contribution in [0.5, 0.6) is 11.5 Å². The fraction of sp³-hybridized carbons (Fsp3) is 0.167. The van der Waals surface area contributed by atoms with Crippen molar-refractivity contribution in [3.8, 4) is 33.3 Å². The second-order valence-corrected chi connectivity index (χ2v) is 6.55. The van der Waals surface area contributed by atoms with Gasteiger partial charge in [0.15, 0.2) is 11.5 Å². The summed E-state index contributed by atoms with van der Waals surface area (Å²) in [5.74, 6) is 1.43. The molecule has 2 aromatic carbocycles. The van der Waals surface area contributed by atoms with Gasteiger partial charge in [-0.2, -0.15) is 0 Å². The molecule has 0 aliphatic carbocycles. The molecule has 0 saturated heterocycles. The maximum absolute atomic E-state index is 5.51. The third-order valence-corrected chi connectivity index (χ3v) is 5.14. The van der Waals surface area contributed by atoms with Gasteiger partial charge in [-0.25, -0.2) is 4.98 Å². The second-order valence-electron chi connectivity index (χ2n) is 4.81. The van der Waals surface area contributed by atoms with E-state index in [0.29, 0.717) is 11.5 Å². The zero-order chi connectivity index (χ0) is 16.2. The van der Waals surface area contributed by atoms with Crippen LogP contribution in [0.25, 0.3) is 21.8 Å². The molecule has 0 bridgehead atoms. The van der Waals surface area contributed by atoms with Gasteiger partial charge >= 0.3 is 0 Å². The molecule has 3 nitrogen and oxygen atoms in total. The molecular weight excluding hydrogens is 326 g/mol. The predicted molar refractivity (Wildman–Crippen MR) is 97.9 cm³/mol. The number of thiazole rings is 1. The lowest BCUT2D eigenvalue weighted by Gasteiger charge is -2.10. The van der Waals surface area contributed by atoms with E-state index in [0.717, 1.165) is 21.8 Å². The quantitative estimate of drug-likeness (QED) is 0.595. The summed E-state index contributed by atoms with van der Waals surface area (Å²) in [6.07, 6.45) is 2.07. The van der Waals surface area contributed by atoms with E-state index in [1.807, 2.05) is 18.2 Å². The van der Waals surface area contributed by atoms with E-state index >= 15 is 0 Å². The van der Waals surface area contributed by atoms with E-state index < -0.39 is 0 Å². The maximum Gasteiger partial charge on any atom is 0.170 e. The summed E-state index contributed by atoms with van der Waals surface area (Å²) in [5, 5.41) is 2.99. The van der Waals surface area contributed by atoms with Crippen molar-refractivity contribution in [2.45, 2.75) is 4.90 Å². The highest BCUT2D eigenvalue weighted by atomic mass is 32.2. The van der Waals surface area contributed by atoms with Gasteiger partial charge in [-0.15, -0.1) is 23.1 Å². The smallest absolute Gasteiger partial charge is 0.170 e. The fourth-order valence-electron chi connectivity index (χ4n) is 2.35. The maximum atomic E-state index is 5.51. The van der Waals surface area contributed by atoms with Gasteiger partial charge in [-0.3, -0.25) is 0 Å². The summed E-state index contributed by atoms with van der Waals surface area (Å²) in [4.78, 5) is 6.02. The molecule has 0 amide bonds. The van der Waals surface area contributed by atoms with Gasteiger partial charge in [0.1, 0.15) is 5.01 Å². The Morgan fingerprint density at radius 1 is 1.00 bits per heavy atom. The monoisotopic (exact) mass is 343 g/mol. The Hall–Kier alpha value is -1.98. The van der Waals surface area contributed by atoms with Crippen molar-refractivity contribution in [3.63, 3.8) is 0 Å². The number of rotatable bonds is 5. The lowest BCUT2D eigenvalue weighted by molar-refractivity contribution is 0.356. The van der Waals surface area contributed by atoms with Crippen molar-refractivity contribution in [3.05, 3.63) is 47.8 Å². The molecule has 0 saturated carbocycles. The number of aromatic nitrogens is 1. The van der Waals surface area contributed by atoms with Gasteiger partial charge in [-0.05, 0) is 30.5 Å². The Balaban J connectivity index is 1.98. The average Bonchev–Trinajstić information content (AvgIpc) is 3.10. The Kier molecular flexibility index (Phi) is 4.88. The van der Waals surface area contributed by atoms with Gasteiger partial charge in [-0.1, -0.05) is 18.2 Å². The summed E-state index contributed by atoms with van der Waals surface area (Å²) in [6, 6.07) is 14.3. The molecule has 0 unspecified atom stereocenters. The van der Waals surface area contributed by atoms with E-state index in [1.54, 1.807) is 37.3 Å². The highest BCUT2D eigenvalue weighted by Crippen LogP contribution is 2.40. The molecule has 5 heteroatoms. The van der Waals surface area contributed by atoms with Crippen molar-refractivity contribution in [1.82, 2.24) is 4.98 Å². The number of benzene rings is 2. The molecule has 118 valence electrons. The summed E-state index contributed by atoms with van der Waals surface area (Å²) in [7, 11) is 3.29. The Labute approximate surface area is 144 Å². The molecule has 0 aliphatic heterocycles. The SMILES string of the molecule is COc1cccc(-c2nc(-c3ccc(SC)cc3)cs2)c1OC. The van der Waals surface area contributed by atoms with Crippen LogP contribution in [0.1, 0.15) is 0 Å². The molecule has 0 aliphatic rings. The number of para-hydroxylation sites is 1. The first-order chi connectivity index (χ1) is 11.3. The molecule has 0 spiro atoms. The van der Waals surface area contributed by atoms with Gasteiger partial charge in [0.05, 0.1) is 25.5 Å². The van der Waals surface area contributed by atoms with Crippen molar-refractivity contribution in [1.29, 1.82) is 0 Å². The van der Waals surface area contributed by atoms with Crippen LogP contribution in [-0.2, 0) is 0 Å².